The summed E-state index contributed by atoms with van der Waals surface area (Å²) in [6, 6.07) is 6.10. The molecule has 1 heterocycles. The number of para-hydroxylation sites is 1. The molecule has 0 radical (unpaired) electrons. The van der Waals surface area contributed by atoms with Crippen LogP contribution in [0.5, 0.6) is 0 Å². The number of hydrogen-bond acceptors (Lipinski definition) is 2. The number of aromatic nitrogens is 1. The summed E-state index contributed by atoms with van der Waals surface area (Å²) in [5.74, 6) is 0.612. The highest BCUT2D eigenvalue weighted by Crippen LogP contribution is 2.37. The average molecular weight is 214 g/mol. The fourth-order valence-corrected chi connectivity index (χ4v) is 2.68. The SMILES string of the molecule is CC1CCc2c1[nH]c1c(C=NO)cccc21. The monoisotopic (exact) mass is 214 g/mol. The van der Waals surface area contributed by atoms with Crippen LogP contribution in [0.3, 0.4) is 0 Å². The average Bonchev–Trinajstić information content (AvgIpc) is 2.81. The normalized spacial score (nSPS) is 19.7. The van der Waals surface area contributed by atoms with Crippen LogP contribution in [0.2, 0.25) is 0 Å². The fraction of sp³-hybridized carbons (Fsp3) is 0.308. The third-order valence-electron chi connectivity index (χ3n) is 3.52. The van der Waals surface area contributed by atoms with Gasteiger partial charge in [-0.1, -0.05) is 30.3 Å². The quantitative estimate of drug-likeness (QED) is 0.428. The van der Waals surface area contributed by atoms with Crippen molar-refractivity contribution in [1.29, 1.82) is 0 Å². The molecule has 3 rings (SSSR count). The van der Waals surface area contributed by atoms with Crippen LogP contribution in [0.4, 0.5) is 0 Å². The highest BCUT2D eigenvalue weighted by atomic mass is 16.4. The van der Waals surface area contributed by atoms with Crippen molar-refractivity contribution in [2.45, 2.75) is 25.7 Å². The van der Waals surface area contributed by atoms with E-state index in [9.17, 15) is 0 Å². The van der Waals surface area contributed by atoms with E-state index >= 15 is 0 Å². The molecule has 2 N–H and O–H groups in total. The Morgan fingerprint density at radius 1 is 1.50 bits per heavy atom. The second-order valence-electron chi connectivity index (χ2n) is 4.47. The van der Waals surface area contributed by atoms with Gasteiger partial charge >= 0.3 is 0 Å². The molecule has 1 aliphatic carbocycles. The number of hydrogen-bond donors (Lipinski definition) is 2. The molecule has 0 fully saturated rings. The largest absolute Gasteiger partial charge is 0.411 e. The molecule has 0 amide bonds. The zero-order chi connectivity index (χ0) is 11.1. The summed E-state index contributed by atoms with van der Waals surface area (Å²) in [6.07, 6.45) is 3.87. The van der Waals surface area contributed by atoms with Crippen molar-refractivity contribution in [3.63, 3.8) is 0 Å². The van der Waals surface area contributed by atoms with E-state index in [2.05, 4.69) is 23.1 Å². The molecule has 0 spiro atoms. The van der Waals surface area contributed by atoms with Gasteiger partial charge in [0.1, 0.15) is 0 Å². The van der Waals surface area contributed by atoms with E-state index in [1.165, 1.54) is 29.3 Å². The molecule has 1 aromatic carbocycles. The standard InChI is InChI=1S/C13H14N2O/c1-8-5-6-11-10-4-2-3-9(7-14-16)13(10)15-12(8)11/h2-4,7-8,15-16H,5-6H2,1H3. The number of rotatable bonds is 1. The van der Waals surface area contributed by atoms with Gasteiger partial charge in [-0.05, 0) is 24.3 Å². The fourth-order valence-electron chi connectivity index (χ4n) is 2.68. The summed E-state index contributed by atoms with van der Waals surface area (Å²) in [5, 5.41) is 13.0. The lowest BCUT2D eigenvalue weighted by Crippen LogP contribution is -1.88. The lowest BCUT2D eigenvalue weighted by Gasteiger charge is -2.00. The van der Waals surface area contributed by atoms with Gasteiger partial charge in [0, 0.05) is 16.6 Å². The number of nitrogens with one attached hydrogen (secondary N) is 1. The van der Waals surface area contributed by atoms with Gasteiger partial charge in [0.15, 0.2) is 0 Å². The highest BCUT2D eigenvalue weighted by molar-refractivity contribution is 5.99. The van der Waals surface area contributed by atoms with Crippen molar-refractivity contribution < 1.29 is 5.21 Å². The first-order chi connectivity index (χ1) is 7.81. The summed E-state index contributed by atoms with van der Waals surface area (Å²) in [5.41, 5.74) is 4.84. The second-order valence-corrected chi connectivity index (χ2v) is 4.47. The van der Waals surface area contributed by atoms with E-state index < -0.39 is 0 Å². The summed E-state index contributed by atoms with van der Waals surface area (Å²) in [6.45, 7) is 2.25. The number of aromatic amines is 1. The van der Waals surface area contributed by atoms with Crippen molar-refractivity contribution >= 4 is 17.1 Å². The van der Waals surface area contributed by atoms with E-state index in [4.69, 9.17) is 5.21 Å². The van der Waals surface area contributed by atoms with Crippen molar-refractivity contribution in [3.8, 4) is 0 Å². The minimum atomic E-state index is 0.612. The molecular formula is C13H14N2O. The van der Waals surface area contributed by atoms with Gasteiger partial charge < -0.3 is 10.2 Å². The molecule has 3 nitrogen and oxygen atoms in total. The number of oxime groups is 1. The van der Waals surface area contributed by atoms with Gasteiger partial charge in [-0.3, -0.25) is 0 Å². The molecular weight excluding hydrogens is 200 g/mol. The van der Waals surface area contributed by atoms with Crippen LogP contribution in [0.1, 0.15) is 36.1 Å². The van der Waals surface area contributed by atoms with E-state index in [1.54, 1.807) is 0 Å². The highest BCUT2D eigenvalue weighted by Gasteiger charge is 2.23. The number of H-pyrrole nitrogens is 1. The summed E-state index contributed by atoms with van der Waals surface area (Å²) >= 11 is 0. The molecule has 1 aliphatic rings. The maximum absolute atomic E-state index is 8.63. The lowest BCUT2D eigenvalue weighted by molar-refractivity contribution is 0.322. The molecule has 82 valence electrons. The van der Waals surface area contributed by atoms with E-state index in [0.717, 1.165) is 17.5 Å². The first kappa shape index (κ1) is 9.46. The van der Waals surface area contributed by atoms with Gasteiger partial charge in [0.05, 0.1) is 11.7 Å². The molecule has 1 aromatic heterocycles. The van der Waals surface area contributed by atoms with Gasteiger partial charge in [-0.15, -0.1) is 0 Å². The van der Waals surface area contributed by atoms with Crippen LogP contribution < -0.4 is 0 Å². The van der Waals surface area contributed by atoms with Gasteiger partial charge in [-0.25, -0.2) is 0 Å². The Morgan fingerprint density at radius 3 is 3.19 bits per heavy atom. The predicted molar refractivity (Wildman–Crippen MR) is 64.4 cm³/mol. The minimum absolute atomic E-state index is 0.612. The van der Waals surface area contributed by atoms with Crippen LogP contribution in [-0.4, -0.2) is 16.4 Å². The first-order valence-electron chi connectivity index (χ1n) is 5.62. The summed E-state index contributed by atoms with van der Waals surface area (Å²) in [4.78, 5) is 3.48. The Hall–Kier alpha value is -1.77. The van der Waals surface area contributed by atoms with Crippen LogP contribution in [0, 0.1) is 0 Å². The van der Waals surface area contributed by atoms with Crippen molar-refractivity contribution in [2.24, 2.45) is 5.16 Å². The molecule has 0 aliphatic heterocycles. The Balaban J connectivity index is 2.31. The van der Waals surface area contributed by atoms with Crippen LogP contribution in [0.25, 0.3) is 10.9 Å². The second kappa shape index (κ2) is 3.37. The molecule has 0 saturated carbocycles. The van der Waals surface area contributed by atoms with Gasteiger partial charge in [0.25, 0.3) is 0 Å². The van der Waals surface area contributed by atoms with Gasteiger partial charge in [0.2, 0.25) is 0 Å². The predicted octanol–water partition coefficient (Wildman–Crippen LogP) is 3.03. The Labute approximate surface area is 93.8 Å². The Morgan fingerprint density at radius 2 is 2.38 bits per heavy atom. The Kier molecular flexibility index (Phi) is 1.99. The molecule has 3 heteroatoms. The molecule has 1 atom stereocenters. The molecule has 2 aromatic rings. The number of fused-ring (bicyclic) bond motifs is 3. The third kappa shape index (κ3) is 1.18. The van der Waals surface area contributed by atoms with Crippen LogP contribution in [0.15, 0.2) is 23.4 Å². The topological polar surface area (TPSA) is 48.4 Å². The van der Waals surface area contributed by atoms with E-state index in [0.29, 0.717) is 5.92 Å². The van der Waals surface area contributed by atoms with E-state index in [-0.39, 0.29) is 0 Å². The molecule has 0 saturated heterocycles. The smallest absolute Gasteiger partial charge is 0.0754 e. The molecule has 0 bridgehead atoms. The maximum Gasteiger partial charge on any atom is 0.0754 e. The minimum Gasteiger partial charge on any atom is -0.411 e. The zero-order valence-electron chi connectivity index (χ0n) is 9.20. The number of aryl methyl sites for hydroxylation is 1. The third-order valence-corrected chi connectivity index (χ3v) is 3.52. The van der Waals surface area contributed by atoms with Crippen LogP contribution in [-0.2, 0) is 6.42 Å². The zero-order valence-corrected chi connectivity index (χ0v) is 9.20. The number of benzene rings is 1. The van der Waals surface area contributed by atoms with Crippen molar-refractivity contribution in [2.75, 3.05) is 0 Å². The van der Waals surface area contributed by atoms with E-state index in [1.807, 2.05) is 12.1 Å². The first-order valence-corrected chi connectivity index (χ1v) is 5.62. The summed E-state index contributed by atoms with van der Waals surface area (Å²) < 4.78 is 0. The Bertz CT molecular complexity index is 569. The molecule has 1 unspecified atom stereocenters. The van der Waals surface area contributed by atoms with Crippen LogP contribution >= 0.6 is 0 Å². The summed E-state index contributed by atoms with van der Waals surface area (Å²) in [7, 11) is 0. The maximum atomic E-state index is 8.63. The van der Waals surface area contributed by atoms with Crippen molar-refractivity contribution in [1.82, 2.24) is 4.98 Å². The van der Waals surface area contributed by atoms with Gasteiger partial charge in [-0.2, -0.15) is 0 Å². The lowest BCUT2D eigenvalue weighted by atomic mass is 10.1. The molecule has 16 heavy (non-hydrogen) atoms. The number of nitrogens with zero attached hydrogens (tertiary/aromatic N) is 1. The van der Waals surface area contributed by atoms with Crippen molar-refractivity contribution in [3.05, 3.63) is 35.0 Å².